The Morgan fingerprint density at radius 2 is 0.904 bits per heavy atom. The highest BCUT2D eigenvalue weighted by Crippen LogP contribution is 2.23. The Kier molecular flexibility index (Phi) is 14.2. The van der Waals surface area contributed by atoms with Crippen LogP contribution in [0.25, 0.3) is 11.4 Å². The maximum Gasteiger partial charge on any atom is 0.338 e. The molecule has 0 aliphatic carbocycles. The zero-order chi connectivity index (χ0) is 37.3. The number of rotatable bonds is 13. The fourth-order valence-electron chi connectivity index (χ4n) is 4.53. The number of hydrogen-bond donors (Lipinski definition) is 0. The van der Waals surface area contributed by atoms with Gasteiger partial charge < -0.3 is 18.9 Å². The molecular weight excluding hydrogens is 660 g/mol. The number of hydrogen-bond acceptors (Lipinski definition) is 10. The highest BCUT2D eigenvalue weighted by atomic mass is 16.6. The van der Waals surface area contributed by atoms with Crippen LogP contribution in [0.2, 0.25) is 0 Å². The Hall–Kier alpha value is -6.78. The van der Waals surface area contributed by atoms with Crippen molar-refractivity contribution in [2.45, 2.75) is 26.7 Å². The van der Waals surface area contributed by atoms with E-state index in [9.17, 15) is 19.2 Å². The highest BCUT2D eigenvalue weighted by molar-refractivity contribution is 5.90. The zero-order valence-electron chi connectivity index (χ0n) is 28.9. The second-order valence-corrected chi connectivity index (χ2v) is 11.2. The van der Waals surface area contributed by atoms with E-state index in [2.05, 4.69) is 46.8 Å². The van der Waals surface area contributed by atoms with Gasteiger partial charge in [-0.05, 0) is 85.6 Å². The fraction of sp³-hybridized carbons (Fsp3) is 0.190. The van der Waals surface area contributed by atoms with E-state index in [-0.39, 0.29) is 26.4 Å². The van der Waals surface area contributed by atoms with Gasteiger partial charge in [-0.25, -0.2) is 19.2 Å². The summed E-state index contributed by atoms with van der Waals surface area (Å²) in [5, 5.41) is 0. The predicted octanol–water partition coefficient (Wildman–Crippen LogP) is 6.11. The maximum absolute atomic E-state index is 12.3. The van der Waals surface area contributed by atoms with Gasteiger partial charge in [0.25, 0.3) is 0 Å². The minimum absolute atomic E-state index is 0.126. The van der Waals surface area contributed by atoms with Gasteiger partial charge in [-0.15, -0.1) is 0 Å². The van der Waals surface area contributed by atoms with Gasteiger partial charge in [0, 0.05) is 59.6 Å². The quantitative estimate of drug-likeness (QED) is 0.0531. The van der Waals surface area contributed by atoms with Crippen molar-refractivity contribution in [3.8, 4) is 35.1 Å². The molecule has 0 fully saturated rings. The van der Waals surface area contributed by atoms with E-state index >= 15 is 0 Å². The number of carbonyl (C=O) groups is 4. The number of carbonyl (C=O) groups excluding carboxylic acids is 4. The van der Waals surface area contributed by atoms with E-state index in [1.54, 1.807) is 60.9 Å². The second kappa shape index (κ2) is 19.4. The SMILES string of the molecule is C=CC(=O)OCCCOC(=O)c1ccc(C#Cc2cnc(-c3ncc(C#Cc4ccc(C(=O)OCCCOC(=O)C=C)cc4)cc3C)c(C)c2)cc1. The summed E-state index contributed by atoms with van der Waals surface area (Å²) in [6, 6.07) is 17.4. The van der Waals surface area contributed by atoms with Crippen molar-refractivity contribution in [2.75, 3.05) is 26.4 Å². The molecule has 0 aliphatic rings. The van der Waals surface area contributed by atoms with Gasteiger partial charge in [-0.1, -0.05) is 36.8 Å². The van der Waals surface area contributed by atoms with Crippen molar-refractivity contribution in [2.24, 2.45) is 0 Å². The average molecular weight is 697 g/mol. The van der Waals surface area contributed by atoms with Crippen molar-refractivity contribution in [1.82, 2.24) is 9.97 Å². The second-order valence-electron chi connectivity index (χ2n) is 11.2. The first-order valence-corrected chi connectivity index (χ1v) is 16.3. The van der Waals surface area contributed by atoms with Crippen LogP contribution < -0.4 is 0 Å². The lowest BCUT2D eigenvalue weighted by molar-refractivity contribution is -0.138. The Balaban J connectivity index is 1.31. The summed E-state index contributed by atoms with van der Waals surface area (Å²) < 4.78 is 20.1. The first kappa shape index (κ1) is 38.0. The number of nitrogens with zero attached hydrogens (tertiary/aromatic N) is 2. The summed E-state index contributed by atoms with van der Waals surface area (Å²) >= 11 is 0. The first-order valence-electron chi connectivity index (χ1n) is 16.3. The van der Waals surface area contributed by atoms with E-state index < -0.39 is 23.9 Å². The van der Waals surface area contributed by atoms with Crippen LogP contribution >= 0.6 is 0 Å². The molecule has 0 saturated heterocycles. The summed E-state index contributed by atoms with van der Waals surface area (Å²) in [6.07, 6.45) is 6.33. The molecule has 262 valence electrons. The van der Waals surface area contributed by atoms with Crippen molar-refractivity contribution >= 4 is 23.9 Å². The third-order valence-corrected chi connectivity index (χ3v) is 7.19. The van der Waals surface area contributed by atoms with E-state index in [4.69, 9.17) is 18.9 Å². The largest absolute Gasteiger partial charge is 0.462 e. The lowest BCUT2D eigenvalue weighted by Crippen LogP contribution is -2.09. The fourth-order valence-corrected chi connectivity index (χ4v) is 4.53. The zero-order valence-corrected chi connectivity index (χ0v) is 28.9. The van der Waals surface area contributed by atoms with Crippen molar-refractivity contribution in [3.05, 3.63) is 143 Å². The maximum atomic E-state index is 12.3. The Morgan fingerprint density at radius 1 is 0.558 bits per heavy atom. The van der Waals surface area contributed by atoms with Crippen LogP contribution in [0.3, 0.4) is 0 Å². The van der Waals surface area contributed by atoms with Crippen molar-refractivity contribution in [1.29, 1.82) is 0 Å². The predicted molar refractivity (Wildman–Crippen MR) is 194 cm³/mol. The van der Waals surface area contributed by atoms with E-state index in [0.29, 0.717) is 24.0 Å². The van der Waals surface area contributed by atoms with E-state index in [1.165, 1.54) is 0 Å². The Morgan fingerprint density at radius 3 is 1.25 bits per heavy atom. The van der Waals surface area contributed by atoms with Gasteiger partial charge in [0.05, 0.1) is 48.9 Å². The molecular formula is C42H36N2O8. The third-order valence-electron chi connectivity index (χ3n) is 7.19. The van der Waals surface area contributed by atoms with Gasteiger partial charge in [0.1, 0.15) is 0 Å². The van der Waals surface area contributed by atoms with Crippen LogP contribution in [0.1, 0.15) is 66.9 Å². The number of benzene rings is 2. The number of aromatic nitrogens is 2. The summed E-state index contributed by atoms with van der Waals surface area (Å²) in [5.74, 6) is 10.4. The standard InChI is InChI=1S/C42H36N2O8/c1-5-37(45)49-21-7-23-51-41(47)35-17-13-31(14-18-35)9-11-33-25-29(3)39(43-27-33)40-30(4)26-34(28-44-40)12-10-32-15-19-36(20-16-32)42(48)52-24-8-22-50-38(46)6-2/h5-6,13-20,25-28H,1-2,7-8,21-24H2,3-4H3. The van der Waals surface area contributed by atoms with Gasteiger partial charge in [0.2, 0.25) is 0 Å². The van der Waals surface area contributed by atoms with Gasteiger partial charge in [-0.2, -0.15) is 0 Å². The van der Waals surface area contributed by atoms with Crippen LogP contribution in [-0.4, -0.2) is 60.3 Å². The normalized spacial score (nSPS) is 9.96. The van der Waals surface area contributed by atoms with Crippen molar-refractivity contribution < 1.29 is 38.1 Å². The molecule has 2 aromatic carbocycles. The molecule has 4 rings (SSSR count). The Bertz CT molecular complexity index is 1930. The molecule has 0 spiro atoms. The average Bonchev–Trinajstić information content (AvgIpc) is 3.16. The molecule has 2 heterocycles. The number of pyridine rings is 2. The molecule has 0 radical (unpaired) electrons. The molecule has 10 nitrogen and oxygen atoms in total. The molecule has 4 aromatic rings. The minimum Gasteiger partial charge on any atom is -0.462 e. The number of ether oxygens (including phenoxy) is 4. The topological polar surface area (TPSA) is 131 Å². The van der Waals surface area contributed by atoms with Crippen LogP contribution in [0.15, 0.2) is 98.4 Å². The molecule has 0 unspecified atom stereocenters. The number of esters is 4. The van der Waals surface area contributed by atoms with Crippen LogP contribution in [0.5, 0.6) is 0 Å². The van der Waals surface area contributed by atoms with Crippen LogP contribution in [0.4, 0.5) is 0 Å². The van der Waals surface area contributed by atoms with Gasteiger partial charge >= 0.3 is 23.9 Å². The summed E-state index contributed by atoms with van der Waals surface area (Å²) in [6.45, 7) is 11.1. The first-order chi connectivity index (χ1) is 25.2. The molecule has 0 amide bonds. The molecule has 52 heavy (non-hydrogen) atoms. The van der Waals surface area contributed by atoms with E-state index in [1.807, 2.05) is 26.0 Å². The summed E-state index contributed by atoms with van der Waals surface area (Å²) in [7, 11) is 0. The monoisotopic (exact) mass is 696 g/mol. The molecule has 0 saturated carbocycles. The van der Waals surface area contributed by atoms with Crippen molar-refractivity contribution in [3.63, 3.8) is 0 Å². The van der Waals surface area contributed by atoms with Crippen LogP contribution in [-0.2, 0) is 28.5 Å². The number of aryl methyl sites for hydroxylation is 2. The smallest absolute Gasteiger partial charge is 0.338 e. The molecule has 0 atom stereocenters. The molecule has 0 bridgehead atoms. The molecule has 2 aromatic heterocycles. The lowest BCUT2D eigenvalue weighted by Gasteiger charge is -2.08. The van der Waals surface area contributed by atoms with Crippen LogP contribution in [0, 0.1) is 37.5 Å². The highest BCUT2D eigenvalue weighted by Gasteiger charge is 2.11. The molecule has 0 aliphatic heterocycles. The summed E-state index contributed by atoms with van der Waals surface area (Å²) in [5.41, 5.74) is 6.99. The Labute approximate surface area is 302 Å². The van der Waals surface area contributed by atoms with Gasteiger partial charge in [-0.3, -0.25) is 9.97 Å². The van der Waals surface area contributed by atoms with Gasteiger partial charge in [0.15, 0.2) is 0 Å². The third kappa shape index (κ3) is 11.7. The summed E-state index contributed by atoms with van der Waals surface area (Å²) in [4.78, 5) is 55.9. The van der Waals surface area contributed by atoms with E-state index in [0.717, 1.165) is 56.9 Å². The molecule has 10 heteroatoms. The minimum atomic E-state index is -0.517. The molecule has 0 N–H and O–H groups in total. The lowest BCUT2D eigenvalue weighted by atomic mass is 10.0.